The van der Waals surface area contributed by atoms with Gasteiger partial charge in [0.05, 0.1) is 6.10 Å². The van der Waals surface area contributed by atoms with Crippen molar-refractivity contribution < 1.29 is 14.7 Å². The van der Waals surface area contributed by atoms with Gasteiger partial charge in [-0.1, -0.05) is 25.9 Å². The fourth-order valence-electron chi connectivity index (χ4n) is 0.968. The maximum absolute atomic E-state index is 11.4. The van der Waals surface area contributed by atoms with Gasteiger partial charge in [0.15, 0.2) is 5.71 Å². The minimum Gasteiger partial charge on any atom is -0.458 e. The Hall–Kier alpha value is -1.06. The molecule has 1 N–H and O–H groups in total. The monoisotopic (exact) mass is 215 g/mol. The fourth-order valence-corrected chi connectivity index (χ4v) is 0.968. The number of nitrogens with zero attached hydrogens (tertiary/aromatic N) is 1. The molecule has 0 aromatic heterocycles. The number of carbonyl (C=O) groups excluding carboxylic acids is 1. The third-order valence-electron chi connectivity index (χ3n) is 1.81. The zero-order valence-corrected chi connectivity index (χ0v) is 10.2. The maximum Gasteiger partial charge on any atom is 0.356 e. The Labute approximate surface area is 91.3 Å². The van der Waals surface area contributed by atoms with E-state index in [2.05, 4.69) is 25.9 Å². The van der Waals surface area contributed by atoms with E-state index in [1.54, 1.807) is 13.8 Å². The SMILES string of the molecule is CC(C)OC(=O)/C(CCC(C)(C)C)=N/O. The highest BCUT2D eigenvalue weighted by molar-refractivity contribution is 6.36. The summed E-state index contributed by atoms with van der Waals surface area (Å²) in [7, 11) is 0. The molecular weight excluding hydrogens is 194 g/mol. The molecule has 0 radical (unpaired) electrons. The van der Waals surface area contributed by atoms with Gasteiger partial charge in [0.2, 0.25) is 0 Å². The van der Waals surface area contributed by atoms with Crippen molar-refractivity contribution in [3.05, 3.63) is 0 Å². The average Bonchev–Trinajstić information content (AvgIpc) is 2.01. The first-order chi connectivity index (χ1) is 6.76. The van der Waals surface area contributed by atoms with E-state index >= 15 is 0 Å². The van der Waals surface area contributed by atoms with Gasteiger partial charge in [-0.05, 0) is 25.7 Å². The third kappa shape index (κ3) is 6.94. The van der Waals surface area contributed by atoms with E-state index in [0.29, 0.717) is 6.42 Å². The minimum absolute atomic E-state index is 0.0959. The lowest BCUT2D eigenvalue weighted by atomic mass is 9.89. The van der Waals surface area contributed by atoms with Crippen LogP contribution in [0.2, 0.25) is 0 Å². The van der Waals surface area contributed by atoms with E-state index in [-0.39, 0.29) is 17.2 Å². The van der Waals surface area contributed by atoms with Crippen molar-refractivity contribution >= 4 is 11.7 Å². The summed E-state index contributed by atoms with van der Waals surface area (Å²) >= 11 is 0. The summed E-state index contributed by atoms with van der Waals surface area (Å²) in [6.07, 6.45) is 1.02. The number of carbonyl (C=O) groups is 1. The molecule has 0 aliphatic heterocycles. The van der Waals surface area contributed by atoms with Gasteiger partial charge in [-0.25, -0.2) is 4.79 Å². The Kier molecular flexibility index (Phi) is 5.33. The molecule has 0 saturated carbocycles. The second-order valence-corrected chi connectivity index (χ2v) is 5.06. The van der Waals surface area contributed by atoms with E-state index in [4.69, 9.17) is 9.94 Å². The molecule has 4 nitrogen and oxygen atoms in total. The van der Waals surface area contributed by atoms with Crippen molar-refractivity contribution in [2.24, 2.45) is 10.6 Å². The van der Waals surface area contributed by atoms with Gasteiger partial charge in [0.25, 0.3) is 0 Å². The van der Waals surface area contributed by atoms with Gasteiger partial charge in [-0.3, -0.25) is 0 Å². The molecule has 0 saturated heterocycles. The number of oxime groups is 1. The molecule has 0 rings (SSSR count). The van der Waals surface area contributed by atoms with Crippen LogP contribution < -0.4 is 0 Å². The topological polar surface area (TPSA) is 58.9 Å². The third-order valence-corrected chi connectivity index (χ3v) is 1.81. The summed E-state index contributed by atoms with van der Waals surface area (Å²) in [6, 6.07) is 0. The largest absolute Gasteiger partial charge is 0.458 e. The molecule has 0 unspecified atom stereocenters. The first-order valence-electron chi connectivity index (χ1n) is 5.18. The average molecular weight is 215 g/mol. The first kappa shape index (κ1) is 13.9. The molecule has 0 aromatic carbocycles. The smallest absolute Gasteiger partial charge is 0.356 e. The number of hydrogen-bond donors (Lipinski definition) is 1. The molecular formula is C11H21NO3. The number of esters is 1. The Morgan fingerprint density at radius 2 is 1.93 bits per heavy atom. The van der Waals surface area contributed by atoms with Crippen LogP contribution in [0.3, 0.4) is 0 Å². The molecule has 0 heterocycles. The summed E-state index contributed by atoms with van der Waals surface area (Å²) in [5.74, 6) is -0.531. The van der Waals surface area contributed by atoms with Crippen LogP contribution in [-0.4, -0.2) is 23.0 Å². The molecule has 0 aliphatic rings. The fraction of sp³-hybridized carbons (Fsp3) is 0.818. The Balaban J connectivity index is 4.22. The summed E-state index contributed by atoms with van der Waals surface area (Å²) in [5.41, 5.74) is 0.201. The molecule has 0 bridgehead atoms. The van der Waals surface area contributed by atoms with Crippen molar-refractivity contribution in [1.82, 2.24) is 0 Å². The highest BCUT2D eigenvalue weighted by Crippen LogP contribution is 2.21. The molecule has 0 fully saturated rings. The molecule has 0 aliphatic carbocycles. The zero-order chi connectivity index (χ0) is 12.1. The van der Waals surface area contributed by atoms with Gasteiger partial charge in [0.1, 0.15) is 0 Å². The van der Waals surface area contributed by atoms with Gasteiger partial charge >= 0.3 is 5.97 Å². The summed E-state index contributed by atoms with van der Waals surface area (Å²) in [5, 5.41) is 11.7. The lowest BCUT2D eigenvalue weighted by Crippen LogP contribution is -2.22. The van der Waals surface area contributed by atoms with Crippen LogP contribution in [0.1, 0.15) is 47.5 Å². The predicted molar refractivity (Wildman–Crippen MR) is 59.1 cm³/mol. The van der Waals surface area contributed by atoms with E-state index in [1.165, 1.54) is 0 Å². The second-order valence-electron chi connectivity index (χ2n) is 5.06. The number of hydrogen-bond acceptors (Lipinski definition) is 4. The predicted octanol–water partition coefficient (Wildman–Crippen LogP) is 2.59. The van der Waals surface area contributed by atoms with E-state index in [1.807, 2.05) is 0 Å². The lowest BCUT2D eigenvalue weighted by molar-refractivity contribution is -0.139. The van der Waals surface area contributed by atoms with Gasteiger partial charge < -0.3 is 9.94 Å². The quantitative estimate of drug-likeness (QED) is 0.339. The molecule has 88 valence electrons. The first-order valence-corrected chi connectivity index (χ1v) is 5.18. The van der Waals surface area contributed by atoms with Crippen molar-refractivity contribution in [2.75, 3.05) is 0 Å². The normalized spacial score (nSPS) is 13.1. The molecule has 0 amide bonds. The highest BCUT2D eigenvalue weighted by atomic mass is 16.5. The standard InChI is InChI=1S/C11H21NO3/c1-8(2)15-10(13)9(12-14)6-7-11(3,4)5/h8,14H,6-7H2,1-5H3/b12-9+. The Morgan fingerprint density at radius 3 is 2.27 bits per heavy atom. The molecule has 15 heavy (non-hydrogen) atoms. The van der Waals surface area contributed by atoms with Crippen LogP contribution in [0, 0.1) is 5.41 Å². The van der Waals surface area contributed by atoms with Crippen molar-refractivity contribution in [3.8, 4) is 0 Å². The Bertz CT molecular complexity index is 239. The summed E-state index contributed by atoms with van der Waals surface area (Å²) in [6.45, 7) is 9.72. The van der Waals surface area contributed by atoms with Crippen molar-refractivity contribution in [1.29, 1.82) is 0 Å². The van der Waals surface area contributed by atoms with Crippen molar-refractivity contribution in [2.45, 2.75) is 53.6 Å². The van der Waals surface area contributed by atoms with Crippen LogP contribution in [0.25, 0.3) is 0 Å². The van der Waals surface area contributed by atoms with E-state index in [9.17, 15) is 4.79 Å². The van der Waals surface area contributed by atoms with Gasteiger partial charge in [-0.15, -0.1) is 0 Å². The lowest BCUT2D eigenvalue weighted by Gasteiger charge is -2.17. The van der Waals surface area contributed by atoms with E-state index < -0.39 is 5.97 Å². The van der Waals surface area contributed by atoms with Crippen LogP contribution >= 0.6 is 0 Å². The van der Waals surface area contributed by atoms with Crippen molar-refractivity contribution in [3.63, 3.8) is 0 Å². The zero-order valence-electron chi connectivity index (χ0n) is 10.2. The van der Waals surface area contributed by atoms with Gasteiger partial charge in [0, 0.05) is 6.42 Å². The minimum atomic E-state index is -0.531. The van der Waals surface area contributed by atoms with Crippen LogP contribution in [0.15, 0.2) is 5.16 Å². The summed E-state index contributed by atoms with van der Waals surface area (Å²) in [4.78, 5) is 11.4. The molecule has 4 heteroatoms. The van der Waals surface area contributed by atoms with Gasteiger partial charge in [-0.2, -0.15) is 0 Å². The van der Waals surface area contributed by atoms with Crippen LogP contribution in [-0.2, 0) is 9.53 Å². The highest BCUT2D eigenvalue weighted by Gasteiger charge is 2.19. The maximum atomic E-state index is 11.4. The number of rotatable bonds is 4. The molecule has 0 aromatic rings. The molecule has 0 atom stereocenters. The van der Waals surface area contributed by atoms with Crippen LogP contribution in [0.5, 0.6) is 0 Å². The van der Waals surface area contributed by atoms with E-state index in [0.717, 1.165) is 6.42 Å². The summed E-state index contributed by atoms with van der Waals surface area (Å²) < 4.78 is 4.94. The second kappa shape index (κ2) is 5.73. The molecule has 0 spiro atoms. The van der Waals surface area contributed by atoms with Crippen LogP contribution in [0.4, 0.5) is 0 Å². The Morgan fingerprint density at radius 1 is 1.40 bits per heavy atom. The number of ether oxygens (including phenoxy) is 1.